The van der Waals surface area contributed by atoms with Crippen LogP contribution >= 0.6 is 0 Å². The summed E-state index contributed by atoms with van der Waals surface area (Å²) in [6, 6.07) is 8.96. The normalized spacial score (nSPS) is 10.1. The number of halogens is 1. The summed E-state index contributed by atoms with van der Waals surface area (Å²) in [6.45, 7) is 0. The summed E-state index contributed by atoms with van der Waals surface area (Å²) in [6.07, 6.45) is 0. The summed E-state index contributed by atoms with van der Waals surface area (Å²) in [7, 11) is 4.33. The molecule has 2 rings (SSSR count). The van der Waals surface area contributed by atoms with Crippen LogP contribution in [0.5, 0.6) is 17.2 Å². The Morgan fingerprint density at radius 3 is 2.29 bits per heavy atom. The fourth-order valence-electron chi connectivity index (χ4n) is 2.02. The Morgan fingerprint density at radius 1 is 0.952 bits per heavy atom. The van der Waals surface area contributed by atoms with Gasteiger partial charge in [-0.05, 0) is 24.3 Å². The second kappa shape index (κ2) is 6.26. The van der Waals surface area contributed by atoms with Crippen LogP contribution in [0.1, 0.15) is 15.9 Å². The number of carbonyl (C=O) groups excluding carboxylic acids is 1. The molecule has 0 radical (unpaired) electrons. The van der Waals surface area contributed by atoms with Crippen LogP contribution in [0, 0.1) is 5.82 Å². The Kier molecular flexibility index (Phi) is 4.42. The highest BCUT2D eigenvalue weighted by atomic mass is 19.1. The molecular formula is C16H15FO4. The first-order chi connectivity index (χ1) is 10.1. The van der Waals surface area contributed by atoms with Gasteiger partial charge in [0.25, 0.3) is 0 Å². The highest BCUT2D eigenvalue weighted by Gasteiger charge is 2.20. The number of carbonyl (C=O) groups is 1. The Morgan fingerprint density at radius 2 is 1.71 bits per heavy atom. The lowest BCUT2D eigenvalue weighted by Crippen LogP contribution is -2.07. The van der Waals surface area contributed by atoms with Gasteiger partial charge >= 0.3 is 0 Å². The molecule has 110 valence electrons. The van der Waals surface area contributed by atoms with Crippen molar-refractivity contribution in [3.8, 4) is 17.2 Å². The third-order valence-corrected chi connectivity index (χ3v) is 3.07. The first-order valence-electron chi connectivity index (χ1n) is 6.21. The molecule has 2 aromatic carbocycles. The van der Waals surface area contributed by atoms with Gasteiger partial charge in [0.15, 0.2) is 17.3 Å². The Labute approximate surface area is 122 Å². The molecule has 0 unspecified atom stereocenters. The molecule has 0 aliphatic carbocycles. The average Bonchev–Trinajstić information content (AvgIpc) is 2.53. The number of rotatable bonds is 5. The van der Waals surface area contributed by atoms with Crippen LogP contribution in [0.2, 0.25) is 0 Å². The van der Waals surface area contributed by atoms with E-state index in [1.54, 1.807) is 18.2 Å². The quantitative estimate of drug-likeness (QED) is 0.794. The summed E-state index contributed by atoms with van der Waals surface area (Å²) in [5, 5.41) is 0. The Bertz CT molecular complexity index is 667. The van der Waals surface area contributed by atoms with Gasteiger partial charge in [0.2, 0.25) is 0 Å². The van der Waals surface area contributed by atoms with E-state index in [0.717, 1.165) is 0 Å². The number of benzene rings is 2. The van der Waals surface area contributed by atoms with E-state index in [4.69, 9.17) is 14.2 Å². The highest BCUT2D eigenvalue weighted by Crippen LogP contribution is 2.32. The van der Waals surface area contributed by atoms with Crippen LogP contribution < -0.4 is 14.2 Å². The van der Waals surface area contributed by atoms with Crippen molar-refractivity contribution < 1.29 is 23.4 Å². The molecule has 0 bridgehead atoms. The molecule has 0 amide bonds. The Balaban J connectivity index is 2.50. The maximum Gasteiger partial charge on any atom is 0.199 e. The summed E-state index contributed by atoms with van der Waals surface area (Å²) in [5.41, 5.74) is 0.184. The minimum atomic E-state index is -0.649. The van der Waals surface area contributed by atoms with E-state index in [1.165, 1.54) is 39.5 Å². The number of ketones is 1. The molecule has 0 aromatic heterocycles. The van der Waals surface area contributed by atoms with Gasteiger partial charge in [-0.1, -0.05) is 6.07 Å². The lowest BCUT2D eigenvalue weighted by atomic mass is 10.0. The third-order valence-electron chi connectivity index (χ3n) is 3.07. The van der Waals surface area contributed by atoms with Gasteiger partial charge in [-0.3, -0.25) is 4.79 Å². The molecule has 0 aliphatic rings. The molecule has 2 aromatic rings. The van der Waals surface area contributed by atoms with Gasteiger partial charge in [-0.25, -0.2) is 4.39 Å². The lowest BCUT2D eigenvalue weighted by molar-refractivity contribution is 0.103. The SMILES string of the molecule is COc1ccc(C(=O)c2cccc(OC)c2OC)c(F)c1. The molecule has 4 nitrogen and oxygen atoms in total. The lowest BCUT2D eigenvalue weighted by Gasteiger charge is -2.12. The minimum Gasteiger partial charge on any atom is -0.497 e. The third kappa shape index (κ3) is 2.81. The van der Waals surface area contributed by atoms with E-state index >= 15 is 0 Å². The predicted molar refractivity (Wildman–Crippen MR) is 75.9 cm³/mol. The van der Waals surface area contributed by atoms with Crippen LogP contribution in [-0.4, -0.2) is 27.1 Å². The summed E-state index contributed by atoms with van der Waals surface area (Å²) >= 11 is 0. The maximum atomic E-state index is 14.0. The zero-order chi connectivity index (χ0) is 15.4. The number of ether oxygens (including phenoxy) is 3. The van der Waals surface area contributed by atoms with Crippen molar-refractivity contribution in [2.75, 3.05) is 21.3 Å². The first-order valence-corrected chi connectivity index (χ1v) is 6.21. The van der Waals surface area contributed by atoms with Crippen LogP contribution in [0.25, 0.3) is 0 Å². The van der Waals surface area contributed by atoms with Gasteiger partial charge in [0, 0.05) is 6.07 Å². The second-order valence-electron chi connectivity index (χ2n) is 4.22. The summed E-state index contributed by atoms with van der Waals surface area (Å²) in [4.78, 5) is 12.5. The van der Waals surface area contributed by atoms with Crippen molar-refractivity contribution in [3.05, 3.63) is 53.3 Å². The van der Waals surface area contributed by atoms with Crippen LogP contribution in [-0.2, 0) is 0 Å². The van der Waals surface area contributed by atoms with Crippen molar-refractivity contribution in [3.63, 3.8) is 0 Å². The molecule has 0 spiro atoms. The van der Waals surface area contributed by atoms with Gasteiger partial charge in [-0.2, -0.15) is 0 Å². The molecule has 0 saturated heterocycles. The molecule has 0 aliphatic heterocycles. The van der Waals surface area contributed by atoms with Crippen LogP contribution in [0.3, 0.4) is 0 Å². The van der Waals surface area contributed by atoms with Crippen molar-refractivity contribution in [1.82, 2.24) is 0 Å². The maximum absolute atomic E-state index is 14.0. The molecule has 21 heavy (non-hydrogen) atoms. The number of hydrogen-bond acceptors (Lipinski definition) is 4. The van der Waals surface area contributed by atoms with Crippen molar-refractivity contribution in [2.24, 2.45) is 0 Å². The van der Waals surface area contributed by atoms with E-state index in [2.05, 4.69) is 0 Å². The Hall–Kier alpha value is -2.56. The van der Waals surface area contributed by atoms with Crippen molar-refractivity contribution >= 4 is 5.78 Å². The summed E-state index contributed by atoms with van der Waals surface area (Å²) < 4.78 is 29.3. The fraction of sp³-hybridized carbons (Fsp3) is 0.188. The van der Waals surface area contributed by atoms with E-state index in [9.17, 15) is 9.18 Å². The van der Waals surface area contributed by atoms with E-state index < -0.39 is 11.6 Å². The number of methoxy groups -OCH3 is 3. The average molecular weight is 290 g/mol. The van der Waals surface area contributed by atoms with E-state index in [1.807, 2.05) is 0 Å². The van der Waals surface area contributed by atoms with Gasteiger partial charge in [0.1, 0.15) is 11.6 Å². The zero-order valence-corrected chi connectivity index (χ0v) is 12.0. The highest BCUT2D eigenvalue weighted by molar-refractivity contribution is 6.11. The predicted octanol–water partition coefficient (Wildman–Crippen LogP) is 3.08. The van der Waals surface area contributed by atoms with E-state index in [-0.39, 0.29) is 16.9 Å². The molecule has 5 heteroatoms. The summed E-state index contributed by atoms with van der Waals surface area (Å²) in [5.74, 6) is -0.0886. The van der Waals surface area contributed by atoms with Crippen molar-refractivity contribution in [2.45, 2.75) is 0 Å². The van der Waals surface area contributed by atoms with Gasteiger partial charge < -0.3 is 14.2 Å². The largest absolute Gasteiger partial charge is 0.497 e. The van der Waals surface area contributed by atoms with Crippen molar-refractivity contribution in [1.29, 1.82) is 0 Å². The molecule has 0 N–H and O–H groups in total. The minimum absolute atomic E-state index is 0.0534. The molecule has 0 saturated carbocycles. The first kappa shape index (κ1) is 14.8. The van der Waals surface area contributed by atoms with Crippen LogP contribution in [0.4, 0.5) is 4.39 Å². The molecule has 0 heterocycles. The second-order valence-corrected chi connectivity index (χ2v) is 4.22. The smallest absolute Gasteiger partial charge is 0.199 e. The molecular weight excluding hydrogens is 275 g/mol. The number of para-hydroxylation sites is 1. The number of hydrogen-bond donors (Lipinski definition) is 0. The standard InChI is InChI=1S/C16H15FO4/c1-19-10-7-8-11(13(17)9-10)15(18)12-5-4-6-14(20-2)16(12)21-3/h4-9H,1-3H3. The van der Waals surface area contributed by atoms with Gasteiger partial charge in [0.05, 0.1) is 32.5 Å². The molecule has 0 atom stereocenters. The van der Waals surface area contributed by atoms with Gasteiger partial charge in [-0.15, -0.1) is 0 Å². The fourth-order valence-corrected chi connectivity index (χ4v) is 2.02. The van der Waals surface area contributed by atoms with Crippen LogP contribution in [0.15, 0.2) is 36.4 Å². The topological polar surface area (TPSA) is 44.8 Å². The molecule has 0 fully saturated rings. The zero-order valence-electron chi connectivity index (χ0n) is 12.0. The van der Waals surface area contributed by atoms with E-state index in [0.29, 0.717) is 11.5 Å². The monoisotopic (exact) mass is 290 g/mol.